The summed E-state index contributed by atoms with van der Waals surface area (Å²) in [6.07, 6.45) is 0. The van der Waals surface area contributed by atoms with Crippen LogP contribution in [0.15, 0.2) is 60.7 Å². The van der Waals surface area contributed by atoms with Gasteiger partial charge in [-0.2, -0.15) is 5.26 Å². The summed E-state index contributed by atoms with van der Waals surface area (Å²) in [5.74, 6) is 0. The van der Waals surface area contributed by atoms with Crippen LogP contribution in [-0.2, 0) is 0 Å². The molecule has 2 aromatic carbocycles. The second-order valence-electron chi connectivity index (χ2n) is 3.13. The van der Waals surface area contributed by atoms with Crippen LogP contribution in [-0.4, -0.2) is 0 Å². The second-order valence-corrected chi connectivity index (χ2v) is 3.13. The highest BCUT2D eigenvalue weighted by Crippen LogP contribution is 1.93. The third-order valence-electron chi connectivity index (χ3n) is 1.84. The van der Waals surface area contributed by atoms with Crippen LogP contribution in [0.3, 0.4) is 0 Å². The van der Waals surface area contributed by atoms with Gasteiger partial charge in [-0.15, -0.1) is 0 Å². The number of nitriles is 1. The van der Waals surface area contributed by atoms with E-state index in [2.05, 4.69) is 19.1 Å². The molecule has 0 atom stereocenters. The van der Waals surface area contributed by atoms with E-state index in [1.165, 1.54) is 5.56 Å². The number of rotatable bonds is 0. The van der Waals surface area contributed by atoms with Gasteiger partial charge in [0.05, 0.1) is 11.6 Å². The Morgan fingerprint density at radius 1 is 0.800 bits per heavy atom. The number of hydrogen-bond donors (Lipinski definition) is 0. The summed E-state index contributed by atoms with van der Waals surface area (Å²) in [6, 6.07) is 21.4. The first-order chi connectivity index (χ1) is 7.33. The van der Waals surface area contributed by atoms with E-state index in [1.54, 1.807) is 12.1 Å². The van der Waals surface area contributed by atoms with Gasteiger partial charge < -0.3 is 0 Å². The van der Waals surface area contributed by atoms with Gasteiger partial charge in [0, 0.05) is 0 Å². The van der Waals surface area contributed by atoms with Crippen molar-refractivity contribution in [3.05, 3.63) is 71.8 Å². The molecule has 1 heteroatoms. The quantitative estimate of drug-likeness (QED) is 0.630. The number of benzene rings is 2. The lowest BCUT2D eigenvalue weighted by molar-refractivity contribution is 1.48. The Labute approximate surface area is 90.6 Å². The lowest BCUT2D eigenvalue weighted by Crippen LogP contribution is -1.66. The fraction of sp³-hybridized carbons (Fsp3) is 0.0714. The normalized spacial score (nSPS) is 8.27. The largest absolute Gasteiger partial charge is 0.192 e. The molecule has 0 bridgehead atoms. The monoisotopic (exact) mass is 195 g/mol. The Balaban J connectivity index is 0.000000151. The third-order valence-corrected chi connectivity index (χ3v) is 1.84. The van der Waals surface area contributed by atoms with Gasteiger partial charge in [0.2, 0.25) is 0 Å². The fourth-order valence-electron chi connectivity index (χ4n) is 1.05. The minimum absolute atomic E-state index is 0.715. The zero-order valence-electron chi connectivity index (χ0n) is 8.72. The molecule has 0 amide bonds. The topological polar surface area (TPSA) is 23.8 Å². The highest BCUT2D eigenvalue weighted by molar-refractivity contribution is 5.27. The zero-order valence-corrected chi connectivity index (χ0v) is 8.72. The van der Waals surface area contributed by atoms with Crippen molar-refractivity contribution in [2.75, 3.05) is 0 Å². The predicted octanol–water partition coefficient (Wildman–Crippen LogP) is 3.55. The van der Waals surface area contributed by atoms with E-state index in [4.69, 9.17) is 5.26 Å². The van der Waals surface area contributed by atoms with Crippen molar-refractivity contribution in [2.24, 2.45) is 0 Å². The van der Waals surface area contributed by atoms with Gasteiger partial charge in [0.15, 0.2) is 0 Å². The van der Waals surface area contributed by atoms with Crippen molar-refractivity contribution in [2.45, 2.75) is 6.92 Å². The summed E-state index contributed by atoms with van der Waals surface area (Å²) in [5, 5.41) is 8.29. The van der Waals surface area contributed by atoms with Gasteiger partial charge in [0.1, 0.15) is 0 Å². The molecule has 0 aromatic heterocycles. The van der Waals surface area contributed by atoms with Gasteiger partial charge in [-0.05, 0) is 19.1 Å². The molecule has 0 heterocycles. The van der Waals surface area contributed by atoms with Crippen molar-refractivity contribution < 1.29 is 0 Å². The Morgan fingerprint density at radius 2 is 1.27 bits per heavy atom. The predicted molar refractivity (Wildman–Crippen MR) is 62.3 cm³/mol. The summed E-state index contributed by atoms with van der Waals surface area (Å²) in [5.41, 5.74) is 2.04. The SMILES string of the molecule is Cc1ccccc1.N#Cc1ccccc1. The van der Waals surface area contributed by atoms with E-state index in [0.717, 1.165) is 0 Å². The van der Waals surface area contributed by atoms with Crippen LogP contribution in [0.2, 0.25) is 0 Å². The van der Waals surface area contributed by atoms with Crippen molar-refractivity contribution in [1.82, 2.24) is 0 Å². The highest BCUT2D eigenvalue weighted by atomic mass is 14.2. The van der Waals surface area contributed by atoms with E-state index in [1.807, 2.05) is 42.5 Å². The molecule has 2 rings (SSSR count). The zero-order chi connectivity index (χ0) is 10.9. The lowest BCUT2D eigenvalue weighted by atomic mass is 10.2. The van der Waals surface area contributed by atoms with Gasteiger partial charge >= 0.3 is 0 Å². The molecule has 0 N–H and O–H groups in total. The fourth-order valence-corrected chi connectivity index (χ4v) is 1.05. The maximum atomic E-state index is 8.29. The van der Waals surface area contributed by atoms with Crippen LogP contribution in [0.25, 0.3) is 0 Å². The van der Waals surface area contributed by atoms with Crippen LogP contribution in [0.5, 0.6) is 0 Å². The molecule has 74 valence electrons. The minimum Gasteiger partial charge on any atom is -0.192 e. The first kappa shape index (κ1) is 11.0. The molecule has 0 saturated heterocycles. The summed E-state index contributed by atoms with van der Waals surface area (Å²) < 4.78 is 0. The maximum Gasteiger partial charge on any atom is 0.0991 e. The minimum atomic E-state index is 0.715. The van der Waals surface area contributed by atoms with Gasteiger partial charge in [0.25, 0.3) is 0 Å². The summed E-state index contributed by atoms with van der Waals surface area (Å²) in [7, 11) is 0. The molecular formula is C14H13N. The molecular weight excluding hydrogens is 182 g/mol. The molecule has 0 aliphatic carbocycles. The maximum absolute atomic E-state index is 8.29. The molecule has 2 aromatic rings. The molecule has 0 fully saturated rings. The lowest BCUT2D eigenvalue weighted by Gasteiger charge is -1.82. The van der Waals surface area contributed by atoms with Crippen molar-refractivity contribution in [3.8, 4) is 6.07 Å². The molecule has 0 radical (unpaired) electrons. The molecule has 0 aliphatic heterocycles. The Kier molecular flexibility index (Phi) is 4.69. The average molecular weight is 195 g/mol. The third kappa shape index (κ3) is 4.64. The molecule has 1 nitrogen and oxygen atoms in total. The van der Waals surface area contributed by atoms with Crippen LogP contribution in [0, 0.1) is 18.3 Å². The number of aryl methyl sites for hydroxylation is 1. The smallest absolute Gasteiger partial charge is 0.0991 e. The highest BCUT2D eigenvalue weighted by Gasteiger charge is 1.79. The van der Waals surface area contributed by atoms with E-state index in [9.17, 15) is 0 Å². The Hall–Kier alpha value is -2.07. The Morgan fingerprint density at radius 3 is 1.53 bits per heavy atom. The Bertz CT molecular complexity index is 412. The summed E-state index contributed by atoms with van der Waals surface area (Å²) in [6.45, 7) is 2.08. The van der Waals surface area contributed by atoms with Gasteiger partial charge in [-0.3, -0.25) is 0 Å². The molecule has 0 aliphatic rings. The number of hydrogen-bond acceptors (Lipinski definition) is 1. The summed E-state index contributed by atoms with van der Waals surface area (Å²) in [4.78, 5) is 0. The first-order valence-electron chi connectivity index (χ1n) is 4.79. The second kappa shape index (κ2) is 6.39. The van der Waals surface area contributed by atoms with Crippen molar-refractivity contribution >= 4 is 0 Å². The molecule has 0 saturated carbocycles. The molecule has 15 heavy (non-hydrogen) atoms. The van der Waals surface area contributed by atoms with Crippen LogP contribution >= 0.6 is 0 Å². The standard InChI is InChI=1S/C7H5N.C7H8/c8-6-7-4-2-1-3-5-7;1-7-5-3-2-4-6-7/h1-5H;2-6H,1H3. The van der Waals surface area contributed by atoms with E-state index in [-0.39, 0.29) is 0 Å². The molecule has 0 unspecified atom stereocenters. The van der Waals surface area contributed by atoms with Crippen molar-refractivity contribution in [1.29, 1.82) is 5.26 Å². The molecule has 0 spiro atoms. The number of nitrogens with zero attached hydrogens (tertiary/aromatic N) is 1. The summed E-state index contributed by atoms with van der Waals surface area (Å²) >= 11 is 0. The van der Waals surface area contributed by atoms with Crippen LogP contribution in [0.1, 0.15) is 11.1 Å². The first-order valence-corrected chi connectivity index (χ1v) is 4.79. The van der Waals surface area contributed by atoms with Crippen LogP contribution in [0.4, 0.5) is 0 Å². The van der Waals surface area contributed by atoms with Gasteiger partial charge in [-0.25, -0.2) is 0 Å². The van der Waals surface area contributed by atoms with E-state index in [0.29, 0.717) is 5.56 Å². The van der Waals surface area contributed by atoms with Crippen molar-refractivity contribution in [3.63, 3.8) is 0 Å². The van der Waals surface area contributed by atoms with Gasteiger partial charge in [-0.1, -0.05) is 54.1 Å². The van der Waals surface area contributed by atoms with E-state index >= 15 is 0 Å². The average Bonchev–Trinajstić information content (AvgIpc) is 2.32. The van der Waals surface area contributed by atoms with E-state index < -0.39 is 0 Å². The van der Waals surface area contributed by atoms with Crippen LogP contribution < -0.4 is 0 Å².